The second kappa shape index (κ2) is 5.87. The summed E-state index contributed by atoms with van der Waals surface area (Å²) in [4.78, 5) is 14.5. The van der Waals surface area contributed by atoms with Gasteiger partial charge in [0.25, 0.3) is 0 Å². The Balaban J connectivity index is 1.64. The van der Waals surface area contributed by atoms with Crippen LogP contribution in [0.2, 0.25) is 0 Å². The van der Waals surface area contributed by atoms with Crippen LogP contribution in [0.25, 0.3) is 0 Å². The first-order chi connectivity index (χ1) is 8.75. The summed E-state index contributed by atoms with van der Waals surface area (Å²) >= 11 is 0. The van der Waals surface area contributed by atoms with Gasteiger partial charge in [0, 0.05) is 19.5 Å². The van der Waals surface area contributed by atoms with E-state index in [9.17, 15) is 4.79 Å². The van der Waals surface area contributed by atoms with Crippen molar-refractivity contribution in [1.29, 1.82) is 0 Å². The van der Waals surface area contributed by atoms with Gasteiger partial charge >= 0.3 is 5.97 Å². The maximum Gasteiger partial charge on any atom is 0.358 e. The number of hydrogen-bond donors (Lipinski definition) is 2. The number of carbonyl (C=O) groups is 1. The molecule has 2 N–H and O–H groups in total. The minimum atomic E-state index is -1.08. The molecule has 2 aromatic heterocycles. The predicted molar refractivity (Wildman–Crippen MR) is 57.9 cm³/mol. The van der Waals surface area contributed by atoms with E-state index in [0.717, 1.165) is 0 Å². The fourth-order valence-corrected chi connectivity index (χ4v) is 1.33. The molecule has 0 radical (unpaired) electrons. The molecule has 2 aromatic rings. The third-order valence-electron chi connectivity index (χ3n) is 2.20. The summed E-state index contributed by atoms with van der Waals surface area (Å²) in [6.07, 6.45) is 3.40. The van der Waals surface area contributed by atoms with Crippen LogP contribution in [0.1, 0.15) is 16.4 Å². The quantitative estimate of drug-likeness (QED) is 0.614. The lowest BCUT2D eigenvalue weighted by Gasteiger charge is -2.02. The average molecular weight is 252 g/mol. The Morgan fingerprint density at radius 3 is 3.06 bits per heavy atom. The third-order valence-corrected chi connectivity index (χ3v) is 2.20. The summed E-state index contributed by atoms with van der Waals surface area (Å²) in [5.74, 6) is -0.498. The van der Waals surface area contributed by atoms with Gasteiger partial charge in [0.1, 0.15) is 0 Å². The van der Waals surface area contributed by atoms with Gasteiger partial charge in [0.15, 0.2) is 12.0 Å². The molecule has 0 fully saturated rings. The molecule has 0 atom stereocenters. The molecule has 2 heterocycles. The zero-order valence-corrected chi connectivity index (χ0v) is 9.48. The molecule has 0 bridgehead atoms. The molecule has 0 unspecified atom stereocenters. The van der Waals surface area contributed by atoms with Gasteiger partial charge in [0.05, 0.1) is 12.7 Å². The van der Waals surface area contributed by atoms with Crippen molar-refractivity contribution in [2.75, 3.05) is 13.1 Å². The number of nitrogens with zero attached hydrogens (tertiary/aromatic N) is 5. The molecule has 0 aliphatic carbocycles. The van der Waals surface area contributed by atoms with Gasteiger partial charge in [-0.05, 0) is 0 Å². The molecule has 0 saturated heterocycles. The Labute approximate surface area is 102 Å². The topological polar surface area (TPSA) is 119 Å². The fourth-order valence-electron chi connectivity index (χ4n) is 1.33. The van der Waals surface area contributed by atoms with Crippen molar-refractivity contribution in [2.24, 2.45) is 0 Å². The molecule has 0 amide bonds. The van der Waals surface area contributed by atoms with Crippen LogP contribution in [0.3, 0.4) is 0 Å². The SMILES string of the molecule is O=C(O)c1cn(CCNCCc2ncno2)nn1. The highest BCUT2D eigenvalue weighted by Crippen LogP contribution is 1.92. The zero-order valence-electron chi connectivity index (χ0n) is 9.48. The van der Waals surface area contributed by atoms with Gasteiger partial charge in [-0.1, -0.05) is 10.4 Å². The van der Waals surface area contributed by atoms with Crippen molar-refractivity contribution in [2.45, 2.75) is 13.0 Å². The lowest BCUT2D eigenvalue weighted by Crippen LogP contribution is -2.22. The summed E-state index contributed by atoms with van der Waals surface area (Å²) in [6.45, 7) is 1.89. The van der Waals surface area contributed by atoms with Crippen LogP contribution in [-0.4, -0.2) is 49.3 Å². The molecular weight excluding hydrogens is 240 g/mol. The molecule has 0 spiro atoms. The van der Waals surface area contributed by atoms with Crippen molar-refractivity contribution >= 4 is 5.97 Å². The average Bonchev–Trinajstić information content (AvgIpc) is 2.98. The Morgan fingerprint density at radius 1 is 1.50 bits per heavy atom. The summed E-state index contributed by atoms with van der Waals surface area (Å²) in [5.41, 5.74) is -0.0548. The maximum atomic E-state index is 10.6. The van der Waals surface area contributed by atoms with Gasteiger partial charge in [-0.25, -0.2) is 4.79 Å². The summed E-state index contributed by atoms with van der Waals surface area (Å²) < 4.78 is 6.31. The first-order valence-corrected chi connectivity index (χ1v) is 5.35. The van der Waals surface area contributed by atoms with Crippen molar-refractivity contribution < 1.29 is 14.4 Å². The largest absolute Gasteiger partial charge is 0.476 e. The second-order valence-electron chi connectivity index (χ2n) is 3.51. The molecule has 0 saturated carbocycles. The van der Waals surface area contributed by atoms with Crippen LogP contribution >= 0.6 is 0 Å². The highest BCUT2D eigenvalue weighted by atomic mass is 16.5. The Bertz CT molecular complexity index is 494. The standard InChI is InChI=1S/C9H12N6O3/c16-9(17)7-5-15(14-13-7)4-3-10-2-1-8-11-6-12-18-8/h5-6,10H,1-4H2,(H,16,17). The minimum absolute atomic E-state index is 0.0548. The van der Waals surface area contributed by atoms with E-state index in [1.165, 1.54) is 17.2 Å². The highest BCUT2D eigenvalue weighted by Gasteiger charge is 2.07. The van der Waals surface area contributed by atoms with E-state index in [1.54, 1.807) is 0 Å². The van der Waals surface area contributed by atoms with E-state index in [4.69, 9.17) is 9.63 Å². The van der Waals surface area contributed by atoms with Gasteiger partial charge < -0.3 is 14.9 Å². The number of carboxylic acids is 1. The third kappa shape index (κ3) is 3.35. The molecule has 18 heavy (non-hydrogen) atoms. The lowest BCUT2D eigenvalue weighted by molar-refractivity contribution is 0.0690. The first-order valence-electron chi connectivity index (χ1n) is 5.35. The molecule has 9 nitrogen and oxygen atoms in total. The Morgan fingerprint density at radius 2 is 2.39 bits per heavy atom. The highest BCUT2D eigenvalue weighted by molar-refractivity contribution is 5.84. The number of rotatable bonds is 7. The van der Waals surface area contributed by atoms with E-state index in [2.05, 4.69) is 25.8 Å². The summed E-state index contributed by atoms with van der Waals surface area (Å²) in [7, 11) is 0. The maximum absolute atomic E-state index is 10.6. The molecule has 0 aliphatic rings. The number of hydrogen-bond acceptors (Lipinski definition) is 7. The van der Waals surface area contributed by atoms with Crippen molar-refractivity contribution in [1.82, 2.24) is 30.5 Å². The van der Waals surface area contributed by atoms with Gasteiger partial charge in [0.2, 0.25) is 5.89 Å². The van der Waals surface area contributed by atoms with Gasteiger partial charge in [-0.15, -0.1) is 5.10 Å². The van der Waals surface area contributed by atoms with Gasteiger partial charge in [-0.2, -0.15) is 4.98 Å². The molecule has 0 aliphatic heterocycles. The van der Waals surface area contributed by atoms with E-state index in [1.807, 2.05) is 0 Å². The monoisotopic (exact) mass is 252 g/mol. The van der Waals surface area contributed by atoms with E-state index >= 15 is 0 Å². The van der Waals surface area contributed by atoms with Crippen LogP contribution in [-0.2, 0) is 13.0 Å². The van der Waals surface area contributed by atoms with Crippen molar-refractivity contribution in [3.63, 3.8) is 0 Å². The van der Waals surface area contributed by atoms with Crippen LogP contribution in [0, 0.1) is 0 Å². The fraction of sp³-hybridized carbons (Fsp3) is 0.444. The van der Waals surface area contributed by atoms with Crippen LogP contribution in [0.15, 0.2) is 17.0 Å². The Hall–Kier alpha value is -2.29. The van der Waals surface area contributed by atoms with E-state index in [0.29, 0.717) is 31.9 Å². The molecule has 9 heteroatoms. The summed E-state index contributed by atoms with van der Waals surface area (Å²) in [6, 6.07) is 0. The molecule has 2 rings (SSSR count). The molecule has 96 valence electrons. The van der Waals surface area contributed by atoms with Gasteiger partial charge in [-0.3, -0.25) is 4.68 Å². The van der Waals surface area contributed by atoms with Crippen LogP contribution in [0.5, 0.6) is 0 Å². The number of carboxylic acid groups (broad SMARTS) is 1. The van der Waals surface area contributed by atoms with Crippen molar-refractivity contribution in [3.05, 3.63) is 24.1 Å². The second-order valence-corrected chi connectivity index (χ2v) is 3.51. The van der Waals surface area contributed by atoms with Crippen molar-refractivity contribution in [3.8, 4) is 0 Å². The normalized spacial score (nSPS) is 10.7. The van der Waals surface area contributed by atoms with E-state index < -0.39 is 5.97 Å². The van der Waals surface area contributed by atoms with Crippen LogP contribution < -0.4 is 5.32 Å². The van der Waals surface area contributed by atoms with E-state index in [-0.39, 0.29) is 5.69 Å². The first kappa shape index (κ1) is 12.2. The predicted octanol–water partition coefficient (Wildman–Crippen LogP) is -0.808. The minimum Gasteiger partial charge on any atom is -0.476 e. The number of aromatic carboxylic acids is 1. The zero-order chi connectivity index (χ0) is 12.8. The molecule has 0 aromatic carbocycles. The summed E-state index contributed by atoms with van der Waals surface area (Å²) in [5, 5.41) is 22.5. The number of nitrogens with one attached hydrogen (secondary N) is 1. The lowest BCUT2D eigenvalue weighted by atomic mass is 10.4. The Kier molecular flexibility index (Phi) is 3.97. The number of aromatic nitrogens is 5. The smallest absolute Gasteiger partial charge is 0.358 e. The molecular formula is C9H12N6O3. The van der Waals surface area contributed by atoms with Crippen LogP contribution in [0.4, 0.5) is 0 Å².